The van der Waals surface area contributed by atoms with Crippen molar-refractivity contribution in [1.29, 1.82) is 0 Å². The minimum absolute atomic E-state index is 0. The van der Waals surface area contributed by atoms with Crippen molar-refractivity contribution in [2.45, 2.75) is 0 Å². The second-order valence-corrected chi connectivity index (χ2v) is 1.09. The van der Waals surface area contributed by atoms with Gasteiger partial charge in [0.25, 0.3) is 0 Å². The molecule has 0 aliphatic rings. The van der Waals surface area contributed by atoms with Gasteiger partial charge in [-0.05, 0) is 0 Å². The van der Waals surface area contributed by atoms with E-state index >= 15 is 0 Å². The fraction of sp³-hybridized carbons (Fsp3) is 0. The van der Waals surface area contributed by atoms with E-state index in [4.69, 9.17) is 9.32 Å². The van der Waals surface area contributed by atoms with E-state index in [2.05, 4.69) is 15.7 Å². The minimum Gasteiger partial charge on any atom is -1.00 e. The monoisotopic (exact) mass is 160 g/mol. The van der Waals surface area contributed by atoms with Gasteiger partial charge in [0.2, 0.25) is 0 Å². The van der Waals surface area contributed by atoms with E-state index in [1.165, 1.54) is 0 Å². The molecule has 0 aromatic carbocycles. The Labute approximate surface area is 75.8 Å². The van der Waals surface area contributed by atoms with Gasteiger partial charge in [-0.15, -0.1) is 0 Å². The van der Waals surface area contributed by atoms with Crippen LogP contribution in [0.25, 0.3) is 0 Å². The van der Waals surface area contributed by atoms with Crippen molar-refractivity contribution in [3.63, 3.8) is 0 Å². The largest absolute Gasteiger partial charge is 2.00 e. The van der Waals surface area contributed by atoms with Crippen molar-refractivity contribution in [2.24, 2.45) is 0 Å². The molecule has 0 aliphatic heterocycles. The van der Waals surface area contributed by atoms with Crippen molar-refractivity contribution in [3.8, 4) is 0 Å². The zero-order valence-corrected chi connectivity index (χ0v) is 6.41. The molecule has 0 spiro atoms. The maximum atomic E-state index is 8.98. The summed E-state index contributed by atoms with van der Waals surface area (Å²) in [6.45, 7) is 0. The molecule has 0 amide bonds. The number of rotatable bonds is 1. The van der Waals surface area contributed by atoms with Gasteiger partial charge >= 0.3 is 48.5 Å². The van der Waals surface area contributed by atoms with Crippen LogP contribution in [0.4, 0.5) is 0 Å². The van der Waals surface area contributed by atoms with Crippen LogP contribution in [0.5, 0.6) is 0 Å². The van der Waals surface area contributed by atoms with Gasteiger partial charge in [-0.2, -0.15) is 0 Å². The van der Waals surface area contributed by atoms with Gasteiger partial charge in [-0.25, -0.2) is 0 Å². The summed E-state index contributed by atoms with van der Waals surface area (Å²) < 4.78 is 21.1. The molecule has 6 heteroatoms. The molecule has 0 heterocycles. The maximum Gasteiger partial charge on any atom is 2.00 e. The summed E-state index contributed by atoms with van der Waals surface area (Å²) in [5.41, 5.74) is 0. The van der Waals surface area contributed by atoms with Gasteiger partial charge in [0, 0.05) is 0 Å². The van der Waals surface area contributed by atoms with Crippen molar-refractivity contribution in [3.05, 3.63) is 0 Å². The summed E-state index contributed by atoms with van der Waals surface area (Å²) in [4.78, 5) is 0. The van der Waals surface area contributed by atoms with E-state index in [0.717, 1.165) is 0 Å². The normalized spacial score (nSPS) is 8.00. The van der Waals surface area contributed by atoms with Crippen LogP contribution in [0.15, 0.2) is 0 Å². The molecule has 0 aliphatic carbocycles. The summed E-state index contributed by atoms with van der Waals surface area (Å²) in [6.07, 6.45) is 0. The molecule has 3 nitrogen and oxygen atoms in total. The molecule has 0 fully saturated rings. The third-order valence-electron chi connectivity index (χ3n) is 0.0476. The minimum atomic E-state index is -2.28. The average molecular weight is 161 g/mol. The van der Waals surface area contributed by atoms with Gasteiger partial charge in [-0.3, -0.25) is 0 Å². The molecule has 6 heavy (non-hydrogen) atoms. The van der Waals surface area contributed by atoms with Gasteiger partial charge in [0.05, 0.1) is 0 Å². The Morgan fingerprint density at radius 1 is 1.67 bits per heavy atom. The molecule has 0 saturated carbocycles. The Morgan fingerprint density at radius 2 is 1.83 bits per heavy atom. The Kier molecular flexibility index (Phi) is 11.9. The van der Waals surface area contributed by atoms with Gasteiger partial charge in [0.1, 0.15) is 3.84 Å². The molecule has 0 rings (SSSR count). The molecule has 0 radical (unpaired) electrons. The zero-order chi connectivity index (χ0) is 4.28. The topological polar surface area (TPSA) is 55.3 Å². The van der Waals surface area contributed by atoms with E-state index in [0.29, 0.717) is 0 Å². The van der Waals surface area contributed by atoms with Crippen LogP contribution < -0.4 is 9.32 Å². The predicted octanol–water partition coefficient (Wildman–Crippen LogP) is -1.91. The third-order valence-corrected chi connectivity index (χ3v) is 0.429. The van der Waals surface area contributed by atoms with E-state index < -0.39 is 10.8 Å². The molecule has 36 valence electrons. The summed E-state index contributed by atoms with van der Waals surface area (Å²) >= 11 is 4.21. The van der Waals surface area contributed by atoms with E-state index in [9.17, 15) is 0 Å². The Bertz CT molecular complexity index is 29.2. The van der Waals surface area contributed by atoms with Crippen LogP contribution in [0.1, 0.15) is 2.85 Å². The summed E-state index contributed by atoms with van der Waals surface area (Å²) in [5, 5.41) is 0. The molecule has 0 bridgehead atoms. The van der Waals surface area contributed by atoms with Crippen molar-refractivity contribution >= 4 is 49.6 Å². The van der Waals surface area contributed by atoms with E-state index in [1.54, 1.807) is 0 Å². The molecule has 0 aromatic heterocycles. The molecule has 0 unspecified atom stereocenters. The molecule has 0 N–H and O–H groups in total. The second-order valence-electron chi connectivity index (χ2n) is 0.247. The number of halogens is 2. The van der Waals surface area contributed by atoms with Gasteiger partial charge in [0.15, 0.2) is 11.9 Å². The average Bonchev–Trinajstić information content (AvgIpc) is 1.38. The summed E-state index contributed by atoms with van der Waals surface area (Å²) in [5.74, 6) is 0. The number of hydrogen-bond donors (Lipinski definition) is 0. The molecular formula is H2CaCl2O3. The maximum absolute atomic E-state index is 8.98. The first kappa shape index (κ1) is 10.7. The van der Waals surface area contributed by atoms with Crippen LogP contribution in [-0.4, -0.2) is 37.7 Å². The summed E-state index contributed by atoms with van der Waals surface area (Å²) in [7, 11) is -2.28. The molecule has 0 atom stereocenters. The summed E-state index contributed by atoms with van der Waals surface area (Å²) in [6, 6.07) is 0. The smallest absolute Gasteiger partial charge is 1.00 e. The van der Waals surface area contributed by atoms with Crippen LogP contribution >= 0.6 is 11.9 Å². The van der Waals surface area contributed by atoms with Crippen LogP contribution in [-0.2, 0) is 3.84 Å². The van der Waals surface area contributed by atoms with E-state index in [1.807, 2.05) is 0 Å². The first-order valence-electron chi connectivity index (χ1n) is 0.617. The molecule has 0 saturated heterocycles. The fourth-order valence-electron chi connectivity index (χ4n) is 0. The Morgan fingerprint density at radius 3 is 1.83 bits per heavy atom. The third kappa shape index (κ3) is 9.21. The van der Waals surface area contributed by atoms with Crippen LogP contribution in [0.3, 0.4) is 0 Å². The SMILES string of the molecule is [Ca+2].[H-].[H-].[O-][Cl+2]([O-])OCl. The Hall–Kier alpha value is 1.72. The molecular weight excluding hydrogens is 159 g/mol. The quantitative estimate of drug-likeness (QED) is 0.421. The van der Waals surface area contributed by atoms with E-state index in [-0.39, 0.29) is 40.6 Å². The van der Waals surface area contributed by atoms with Crippen molar-refractivity contribution in [1.82, 2.24) is 0 Å². The fourth-order valence-corrected chi connectivity index (χ4v) is 0. The molecule has 0 aromatic rings. The van der Waals surface area contributed by atoms with Crippen molar-refractivity contribution < 1.29 is 26.8 Å². The predicted molar refractivity (Wildman–Crippen MR) is 14.9 cm³/mol. The first-order chi connectivity index (χ1) is 2.27. The van der Waals surface area contributed by atoms with Crippen LogP contribution in [0.2, 0.25) is 0 Å². The standard InChI is InChI=1S/Ca.Cl2O3.2H/c;1-5-2(3)4;;/q+2;;2*-1. The van der Waals surface area contributed by atoms with Crippen molar-refractivity contribution in [2.75, 3.05) is 0 Å². The van der Waals surface area contributed by atoms with Gasteiger partial charge in [-0.1, -0.05) is 0 Å². The number of hydrogen-bond acceptors (Lipinski definition) is 3. The van der Waals surface area contributed by atoms with Gasteiger partial charge < -0.3 is 12.2 Å². The first-order valence-corrected chi connectivity index (χ1v) is 1.85. The van der Waals surface area contributed by atoms with Crippen LogP contribution in [0, 0.1) is 10.8 Å². The second kappa shape index (κ2) is 6.72. The Balaban J connectivity index is -0.0000000267. The zero-order valence-electron chi connectivity index (χ0n) is 4.69.